The van der Waals surface area contributed by atoms with Gasteiger partial charge >= 0.3 is 0 Å². The monoisotopic (exact) mass is 378 g/mol. The Balaban J connectivity index is 1.99. The Morgan fingerprint density at radius 1 is 1.30 bits per heavy atom. The molecule has 1 aliphatic rings. The number of nitrogens with zero attached hydrogens (tertiary/aromatic N) is 4. The van der Waals surface area contributed by atoms with E-state index in [9.17, 15) is 0 Å². The van der Waals surface area contributed by atoms with Crippen LogP contribution in [0.15, 0.2) is 4.99 Å². The standard InChI is InChI=1S/C20H38N6O/c1-8-21-19(22-14-20(5,6)26-9-11-27-12-10-26)23-15(2)13-18-16(3)24-25(7)17(18)4/h15H,8-14H2,1-7H3,(H2,21,22,23). The molecule has 7 nitrogen and oxygen atoms in total. The van der Waals surface area contributed by atoms with Crippen molar-refractivity contribution in [1.29, 1.82) is 0 Å². The molecule has 7 heteroatoms. The van der Waals surface area contributed by atoms with Crippen LogP contribution in [0.5, 0.6) is 0 Å². The van der Waals surface area contributed by atoms with Crippen molar-refractivity contribution in [3.63, 3.8) is 0 Å². The molecule has 1 aromatic rings. The third-order valence-electron chi connectivity index (χ3n) is 5.39. The lowest BCUT2D eigenvalue weighted by atomic mass is 10.0. The summed E-state index contributed by atoms with van der Waals surface area (Å²) in [5, 5.41) is 11.5. The summed E-state index contributed by atoms with van der Waals surface area (Å²) in [5.74, 6) is 0.880. The van der Waals surface area contributed by atoms with Crippen LogP contribution in [0.3, 0.4) is 0 Å². The molecule has 0 aliphatic carbocycles. The minimum Gasteiger partial charge on any atom is -0.379 e. The summed E-state index contributed by atoms with van der Waals surface area (Å²) in [4.78, 5) is 7.35. The zero-order chi connectivity index (χ0) is 20.0. The molecular formula is C20H38N6O. The first-order chi connectivity index (χ1) is 12.7. The van der Waals surface area contributed by atoms with Gasteiger partial charge in [-0.25, -0.2) is 0 Å². The molecule has 0 radical (unpaired) electrons. The van der Waals surface area contributed by atoms with E-state index in [1.807, 2.05) is 11.7 Å². The molecular weight excluding hydrogens is 340 g/mol. The van der Waals surface area contributed by atoms with Crippen LogP contribution in [0, 0.1) is 13.8 Å². The zero-order valence-electron chi connectivity index (χ0n) is 18.2. The van der Waals surface area contributed by atoms with Gasteiger partial charge in [0, 0.05) is 44.0 Å². The molecule has 27 heavy (non-hydrogen) atoms. The number of aliphatic imine (C=N–C) groups is 1. The van der Waals surface area contributed by atoms with Gasteiger partial charge in [-0.05, 0) is 53.5 Å². The van der Waals surface area contributed by atoms with Gasteiger partial charge in [-0.1, -0.05) is 0 Å². The van der Waals surface area contributed by atoms with E-state index >= 15 is 0 Å². The number of aromatic nitrogens is 2. The maximum absolute atomic E-state index is 5.48. The first-order valence-corrected chi connectivity index (χ1v) is 10.1. The van der Waals surface area contributed by atoms with Gasteiger partial charge < -0.3 is 15.4 Å². The number of hydrogen-bond donors (Lipinski definition) is 2. The van der Waals surface area contributed by atoms with Crippen LogP contribution in [0.4, 0.5) is 0 Å². The SMILES string of the molecule is CCNC(=NCC(C)(C)N1CCOCC1)NC(C)Cc1c(C)nn(C)c1C. The molecule has 2 N–H and O–H groups in total. The van der Waals surface area contributed by atoms with Crippen molar-refractivity contribution < 1.29 is 4.74 Å². The highest BCUT2D eigenvalue weighted by Gasteiger charge is 2.28. The maximum atomic E-state index is 5.48. The minimum absolute atomic E-state index is 0.0197. The minimum atomic E-state index is 0.0197. The predicted octanol–water partition coefficient (Wildman–Crippen LogP) is 1.63. The summed E-state index contributed by atoms with van der Waals surface area (Å²) in [6, 6.07) is 0.274. The van der Waals surface area contributed by atoms with Crippen molar-refractivity contribution in [2.24, 2.45) is 12.0 Å². The Morgan fingerprint density at radius 3 is 2.52 bits per heavy atom. The zero-order valence-corrected chi connectivity index (χ0v) is 18.2. The van der Waals surface area contributed by atoms with E-state index in [4.69, 9.17) is 9.73 Å². The van der Waals surface area contributed by atoms with Gasteiger partial charge in [-0.15, -0.1) is 0 Å². The predicted molar refractivity (Wildman–Crippen MR) is 111 cm³/mol. The average Bonchev–Trinajstić information content (AvgIpc) is 2.87. The number of nitrogens with one attached hydrogen (secondary N) is 2. The van der Waals surface area contributed by atoms with E-state index in [2.05, 4.69) is 62.2 Å². The highest BCUT2D eigenvalue weighted by atomic mass is 16.5. The van der Waals surface area contributed by atoms with E-state index in [-0.39, 0.29) is 11.6 Å². The number of aryl methyl sites for hydroxylation is 2. The Bertz CT molecular complexity index is 631. The van der Waals surface area contributed by atoms with E-state index < -0.39 is 0 Å². The molecule has 1 atom stereocenters. The number of rotatable bonds is 7. The lowest BCUT2D eigenvalue weighted by Crippen LogP contribution is -2.52. The number of morpholine rings is 1. The summed E-state index contributed by atoms with van der Waals surface area (Å²) in [6.07, 6.45) is 0.933. The second kappa shape index (κ2) is 9.55. The lowest BCUT2D eigenvalue weighted by Gasteiger charge is -2.40. The van der Waals surface area contributed by atoms with Gasteiger partial charge in [-0.3, -0.25) is 14.6 Å². The molecule has 1 aromatic heterocycles. The summed E-state index contributed by atoms with van der Waals surface area (Å²) < 4.78 is 7.44. The van der Waals surface area contributed by atoms with Gasteiger partial charge in [-0.2, -0.15) is 5.10 Å². The van der Waals surface area contributed by atoms with Crippen LogP contribution in [-0.2, 0) is 18.2 Å². The van der Waals surface area contributed by atoms with Crippen molar-refractivity contribution in [3.8, 4) is 0 Å². The molecule has 1 fully saturated rings. The summed E-state index contributed by atoms with van der Waals surface area (Å²) >= 11 is 0. The molecule has 0 amide bonds. The van der Waals surface area contributed by atoms with Crippen molar-refractivity contribution >= 4 is 5.96 Å². The molecule has 0 spiro atoms. The topological polar surface area (TPSA) is 66.7 Å². The molecule has 1 saturated heterocycles. The highest BCUT2D eigenvalue weighted by Crippen LogP contribution is 2.17. The average molecular weight is 379 g/mol. The Kier molecular flexibility index (Phi) is 7.68. The van der Waals surface area contributed by atoms with Gasteiger partial charge in [0.1, 0.15) is 0 Å². The second-order valence-electron chi connectivity index (χ2n) is 8.13. The van der Waals surface area contributed by atoms with Gasteiger partial charge in [0.2, 0.25) is 0 Å². The first kappa shape index (κ1) is 21.7. The summed E-state index contributed by atoms with van der Waals surface area (Å²) in [7, 11) is 2.00. The summed E-state index contributed by atoms with van der Waals surface area (Å²) in [6.45, 7) is 18.2. The van der Waals surface area contributed by atoms with Crippen molar-refractivity contribution in [2.45, 2.75) is 59.5 Å². The molecule has 0 saturated carbocycles. The maximum Gasteiger partial charge on any atom is 0.191 e. The van der Waals surface area contributed by atoms with E-state index in [1.54, 1.807) is 0 Å². The quantitative estimate of drug-likeness (QED) is 0.558. The molecule has 2 heterocycles. The normalized spacial score (nSPS) is 17.8. The van der Waals surface area contributed by atoms with E-state index in [0.717, 1.165) is 57.5 Å². The van der Waals surface area contributed by atoms with Crippen molar-refractivity contribution in [2.75, 3.05) is 39.4 Å². The largest absolute Gasteiger partial charge is 0.379 e. The third kappa shape index (κ3) is 5.94. The summed E-state index contributed by atoms with van der Waals surface area (Å²) in [5.41, 5.74) is 3.68. The van der Waals surface area contributed by atoms with Crippen LogP contribution in [0.1, 0.15) is 44.6 Å². The molecule has 0 bridgehead atoms. The van der Waals surface area contributed by atoms with Crippen LogP contribution in [-0.4, -0.2) is 71.6 Å². The molecule has 1 unspecified atom stereocenters. The Hall–Kier alpha value is -1.60. The van der Waals surface area contributed by atoms with Gasteiger partial charge in [0.25, 0.3) is 0 Å². The van der Waals surface area contributed by atoms with Crippen LogP contribution in [0.2, 0.25) is 0 Å². The number of ether oxygens (including phenoxy) is 1. The van der Waals surface area contributed by atoms with E-state index in [0.29, 0.717) is 0 Å². The number of guanidine groups is 1. The lowest BCUT2D eigenvalue weighted by molar-refractivity contribution is -0.00684. The molecule has 0 aromatic carbocycles. The van der Waals surface area contributed by atoms with Crippen molar-refractivity contribution in [1.82, 2.24) is 25.3 Å². The fourth-order valence-electron chi connectivity index (χ4n) is 3.56. The highest BCUT2D eigenvalue weighted by molar-refractivity contribution is 5.80. The van der Waals surface area contributed by atoms with Crippen LogP contribution in [0.25, 0.3) is 0 Å². The fraction of sp³-hybridized carbons (Fsp3) is 0.800. The third-order valence-corrected chi connectivity index (χ3v) is 5.39. The van der Waals surface area contributed by atoms with Crippen molar-refractivity contribution in [3.05, 3.63) is 17.0 Å². The van der Waals surface area contributed by atoms with Crippen LogP contribution >= 0.6 is 0 Å². The van der Waals surface area contributed by atoms with Gasteiger partial charge in [0.15, 0.2) is 5.96 Å². The smallest absolute Gasteiger partial charge is 0.191 e. The first-order valence-electron chi connectivity index (χ1n) is 10.1. The second-order valence-corrected chi connectivity index (χ2v) is 8.13. The molecule has 154 valence electrons. The molecule has 2 rings (SSSR count). The fourth-order valence-corrected chi connectivity index (χ4v) is 3.56. The van der Waals surface area contributed by atoms with Crippen LogP contribution < -0.4 is 10.6 Å². The Morgan fingerprint density at radius 2 is 1.96 bits per heavy atom. The molecule has 1 aliphatic heterocycles. The number of hydrogen-bond acceptors (Lipinski definition) is 4. The van der Waals surface area contributed by atoms with E-state index in [1.165, 1.54) is 11.3 Å². The Labute approximate surface area is 164 Å². The van der Waals surface area contributed by atoms with Gasteiger partial charge in [0.05, 0.1) is 25.5 Å².